The van der Waals surface area contributed by atoms with Gasteiger partial charge in [0, 0.05) is 6.54 Å². The van der Waals surface area contributed by atoms with Crippen LogP contribution in [0.15, 0.2) is 46.9 Å². The lowest BCUT2D eigenvalue weighted by molar-refractivity contribution is -0.147. The highest BCUT2D eigenvalue weighted by atomic mass is 16.5. The molecule has 6 heteroatoms. The minimum Gasteiger partial charge on any atom is -0.468 e. The van der Waals surface area contributed by atoms with E-state index in [9.17, 15) is 9.59 Å². The van der Waals surface area contributed by atoms with Crippen molar-refractivity contribution in [1.82, 2.24) is 9.80 Å². The summed E-state index contributed by atoms with van der Waals surface area (Å²) in [5, 5.41) is 0. The molecule has 0 aliphatic carbocycles. The summed E-state index contributed by atoms with van der Waals surface area (Å²) in [7, 11) is 1.37. The SMILES string of the molecule is CCCN(CC(=O)N(CCc1ccccc1)Cc1ccc(C)o1)[C@H](C)C(=O)OC. The lowest BCUT2D eigenvalue weighted by Gasteiger charge is -2.29. The number of nitrogens with zero attached hydrogens (tertiary/aromatic N) is 2. The number of carbonyl (C=O) groups is 2. The van der Waals surface area contributed by atoms with E-state index in [1.807, 2.05) is 49.1 Å². The molecule has 0 N–H and O–H groups in total. The van der Waals surface area contributed by atoms with Crippen LogP contribution in [0.1, 0.15) is 37.4 Å². The maximum atomic E-state index is 13.2. The van der Waals surface area contributed by atoms with E-state index >= 15 is 0 Å². The minimum atomic E-state index is -0.467. The van der Waals surface area contributed by atoms with Crippen molar-refractivity contribution in [1.29, 1.82) is 0 Å². The molecule has 0 aliphatic heterocycles. The lowest BCUT2D eigenvalue weighted by Crippen LogP contribution is -2.47. The van der Waals surface area contributed by atoms with Crippen molar-refractivity contribution < 1.29 is 18.7 Å². The number of rotatable bonds is 11. The molecular weight excluding hydrogens is 368 g/mol. The molecule has 1 atom stereocenters. The van der Waals surface area contributed by atoms with Gasteiger partial charge in [0.1, 0.15) is 17.6 Å². The van der Waals surface area contributed by atoms with E-state index in [1.165, 1.54) is 12.7 Å². The molecule has 0 aliphatic rings. The van der Waals surface area contributed by atoms with Crippen molar-refractivity contribution in [2.45, 2.75) is 46.2 Å². The van der Waals surface area contributed by atoms with Crippen molar-refractivity contribution >= 4 is 11.9 Å². The fourth-order valence-corrected chi connectivity index (χ4v) is 3.25. The second-order valence-electron chi connectivity index (χ2n) is 7.23. The van der Waals surface area contributed by atoms with Gasteiger partial charge in [-0.15, -0.1) is 0 Å². The third-order valence-electron chi connectivity index (χ3n) is 4.95. The molecule has 1 aromatic carbocycles. The number of furan rings is 1. The molecule has 0 radical (unpaired) electrons. The summed E-state index contributed by atoms with van der Waals surface area (Å²) >= 11 is 0. The van der Waals surface area contributed by atoms with E-state index in [0.29, 0.717) is 19.6 Å². The monoisotopic (exact) mass is 400 g/mol. The van der Waals surface area contributed by atoms with Crippen LogP contribution in [0.5, 0.6) is 0 Å². The van der Waals surface area contributed by atoms with Gasteiger partial charge in [-0.1, -0.05) is 37.3 Å². The van der Waals surface area contributed by atoms with Crippen LogP contribution >= 0.6 is 0 Å². The predicted molar refractivity (Wildman–Crippen MR) is 112 cm³/mol. The molecule has 1 aromatic heterocycles. The Bertz CT molecular complexity index is 772. The van der Waals surface area contributed by atoms with Gasteiger partial charge in [-0.05, 0) is 50.9 Å². The summed E-state index contributed by atoms with van der Waals surface area (Å²) in [6.45, 7) is 7.49. The van der Waals surface area contributed by atoms with Crippen molar-refractivity contribution in [3.05, 3.63) is 59.5 Å². The van der Waals surface area contributed by atoms with Crippen molar-refractivity contribution in [3.8, 4) is 0 Å². The molecule has 6 nitrogen and oxygen atoms in total. The molecule has 1 heterocycles. The molecule has 0 saturated heterocycles. The Labute approximate surface area is 173 Å². The number of esters is 1. The topological polar surface area (TPSA) is 63.0 Å². The highest BCUT2D eigenvalue weighted by Crippen LogP contribution is 2.13. The van der Waals surface area contributed by atoms with Gasteiger partial charge >= 0.3 is 5.97 Å². The van der Waals surface area contributed by atoms with Gasteiger partial charge in [0.2, 0.25) is 5.91 Å². The van der Waals surface area contributed by atoms with Crippen LogP contribution in [0.25, 0.3) is 0 Å². The van der Waals surface area contributed by atoms with Gasteiger partial charge < -0.3 is 14.1 Å². The first-order chi connectivity index (χ1) is 13.9. The van der Waals surface area contributed by atoms with Gasteiger partial charge in [0.05, 0.1) is 20.2 Å². The molecule has 0 spiro atoms. The number of methoxy groups -OCH3 is 1. The Hall–Kier alpha value is -2.60. The van der Waals surface area contributed by atoms with Gasteiger partial charge in [-0.25, -0.2) is 0 Å². The third kappa shape index (κ3) is 7.06. The zero-order valence-corrected chi connectivity index (χ0v) is 17.9. The normalized spacial score (nSPS) is 12.0. The maximum absolute atomic E-state index is 13.2. The summed E-state index contributed by atoms with van der Waals surface area (Å²) in [5.74, 6) is 1.22. The van der Waals surface area contributed by atoms with Crippen LogP contribution in [0.2, 0.25) is 0 Å². The fourth-order valence-electron chi connectivity index (χ4n) is 3.25. The second kappa shape index (κ2) is 11.4. The average Bonchev–Trinajstić information content (AvgIpc) is 3.14. The van der Waals surface area contributed by atoms with Gasteiger partial charge in [-0.3, -0.25) is 14.5 Å². The highest BCUT2D eigenvalue weighted by Gasteiger charge is 2.26. The standard InChI is InChI=1S/C23H32N2O4/c1-5-14-24(19(3)23(27)28-4)17-22(26)25(16-21-12-11-18(2)29-21)15-13-20-9-7-6-8-10-20/h6-12,19H,5,13-17H2,1-4H3/t19-/m1/s1. The van der Waals surface area contributed by atoms with Crippen molar-refractivity contribution in [3.63, 3.8) is 0 Å². The molecule has 29 heavy (non-hydrogen) atoms. The van der Waals surface area contributed by atoms with Gasteiger partial charge in [0.25, 0.3) is 0 Å². The van der Waals surface area contributed by atoms with Gasteiger partial charge in [0.15, 0.2) is 0 Å². The number of hydrogen-bond donors (Lipinski definition) is 0. The zero-order chi connectivity index (χ0) is 21.2. The molecule has 0 fully saturated rings. The summed E-state index contributed by atoms with van der Waals surface area (Å²) < 4.78 is 10.6. The van der Waals surface area contributed by atoms with Crippen molar-refractivity contribution in [2.24, 2.45) is 0 Å². The number of carbonyl (C=O) groups excluding carboxylic acids is 2. The average molecular weight is 401 g/mol. The molecule has 0 saturated carbocycles. The van der Waals surface area contributed by atoms with Crippen molar-refractivity contribution in [2.75, 3.05) is 26.7 Å². The van der Waals surface area contributed by atoms with Crippen LogP contribution in [0.4, 0.5) is 0 Å². The Morgan fingerprint density at radius 3 is 2.41 bits per heavy atom. The number of benzene rings is 1. The molecule has 0 unspecified atom stereocenters. The smallest absolute Gasteiger partial charge is 0.322 e. The van der Waals surface area contributed by atoms with Crippen LogP contribution in [0, 0.1) is 6.92 Å². The number of amides is 1. The summed E-state index contributed by atoms with van der Waals surface area (Å²) in [4.78, 5) is 28.8. The first kappa shape index (κ1) is 22.7. The highest BCUT2D eigenvalue weighted by molar-refractivity contribution is 5.80. The number of ether oxygens (including phenoxy) is 1. The molecule has 158 valence electrons. The van der Waals surface area contributed by atoms with Crippen LogP contribution in [-0.4, -0.2) is 54.5 Å². The Balaban J connectivity index is 2.11. The molecular formula is C23H32N2O4. The van der Waals surface area contributed by atoms with Crippen LogP contribution in [0.3, 0.4) is 0 Å². The summed E-state index contributed by atoms with van der Waals surface area (Å²) in [6, 6.07) is 13.4. The summed E-state index contributed by atoms with van der Waals surface area (Å²) in [6.07, 6.45) is 1.60. The Kier molecular flexibility index (Phi) is 8.93. The van der Waals surface area contributed by atoms with E-state index in [0.717, 1.165) is 24.4 Å². The molecule has 2 rings (SSSR count). The van der Waals surface area contributed by atoms with E-state index in [2.05, 4.69) is 12.1 Å². The molecule has 1 amide bonds. The van der Waals surface area contributed by atoms with E-state index < -0.39 is 6.04 Å². The second-order valence-corrected chi connectivity index (χ2v) is 7.23. The lowest BCUT2D eigenvalue weighted by atomic mass is 10.1. The van der Waals surface area contributed by atoms with E-state index in [-0.39, 0.29) is 18.4 Å². The molecule has 0 bridgehead atoms. The van der Waals surface area contributed by atoms with Crippen LogP contribution in [-0.2, 0) is 27.3 Å². The number of hydrogen-bond acceptors (Lipinski definition) is 5. The van der Waals surface area contributed by atoms with E-state index in [1.54, 1.807) is 11.8 Å². The molecule has 2 aromatic rings. The Morgan fingerprint density at radius 2 is 1.83 bits per heavy atom. The number of aryl methyl sites for hydroxylation is 1. The zero-order valence-electron chi connectivity index (χ0n) is 17.9. The largest absolute Gasteiger partial charge is 0.468 e. The third-order valence-corrected chi connectivity index (χ3v) is 4.95. The quantitative estimate of drug-likeness (QED) is 0.541. The minimum absolute atomic E-state index is 0.0285. The van der Waals surface area contributed by atoms with Crippen LogP contribution < -0.4 is 0 Å². The first-order valence-corrected chi connectivity index (χ1v) is 10.1. The fraction of sp³-hybridized carbons (Fsp3) is 0.478. The van der Waals surface area contributed by atoms with Gasteiger partial charge in [-0.2, -0.15) is 0 Å². The first-order valence-electron chi connectivity index (χ1n) is 10.1. The van der Waals surface area contributed by atoms with E-state index in [4.69, 9.17) is 9.15 Å². The summed E-state index contributed by atoms with van der Waals surface area (Å²) in [5.41, 5.74) is 1.18. The maximum Gasteiger partial charge on any atom is 0.322 e. The predicted octanol–water partition coefficient (Wildman–Crippen LogP) is 3.43. The Morgan fingerprint density at radius 1 is 1.10 bits per heavy atom.